The van der Waals surface area contributed by atoms with E-state index in [1.807, 2.05) is 0 Å². The van der Waals surface area contributed by atoms with Gasteiger partial charge in [-0.15, -0.1) is 0 Å². The molecule has 2 atom stereocenters. The van der Waals surface area contributed by atoms with E-state index in [1.54, 1.807) is 0 Å². The van der Waals surface area contributed by atoms with E-state index < -0.39 is 0 Å². The smallest absolute Gasteiger partial charge is 0.0802 e. The van der Waals surface area contributed by atoms with E-state index in [2.05, 4.69) is 36.1 Å². The number of nitrogens with zero attached hydrogens (tertiary/aromatic N) is 1. The van der Waals surface area contributed by atoms with Gasteiger partial charge in [-0.2, -0.15) is 0 Å². The second-order valence-electron chi connectivity index (χ2n) is 7.85. The van der Waals surface area contributed by atoms with Gasteiger partial charge in [-0.3, -0.25) is 0 Å². The Bertz CT molecular complexity index is 463. The number of benzene rings is 1. The summed E-state index contributed by atoms with van der Waals surface area (Å²) in [4.78, 5) is 2.52. The second kappa shape index (κ2) is 8.30. The van der Waals surface area contributed by atoms with Crippen LogP contribution < -0.4 is 0 Å². The van der Waals surface area contributed by atoms with Crippen LogP contribution in [0.25, 0.3) is 0 Å². The first-order chi connectivity index (χ1) is 11.2. The Labute approximate surface area is 141 Å². The molecule has 1 N–H and O–H groups in total. The molecule has 1 aliphatic heterocycles. The fourth-order valence-electron chi connectivity index (χ4n) is 4.39. The van der Waals surface area contributed by atoms with Gasteiger partial charge in [-0.05, 0) is 61.6 Å². The zero-order valence-corrected chi connectivity index (χ0v) is 14.7. The normalized spacial score (nSPS) is 25.4. The predicted octanol–water partition coefficient (Wildman–Crippen LogP) is 4.89. The molecule has 3 rings (SSSR count). The molecule has 0 amide bonds. The van der Waals surface area contributed by atoms with Gasteiger partial charge in [0, 0.05) is 13.1 Å². The maximum absolute atomic E-state index is 10.5. The van der Waals surface area contributed by atoms with E-state index in [4.69, 9.17) is 0 Å². The molecule has 1 saturated carbocycles. The standard InChI is InChI=1S/C21H33NO/c1-17-6-5-14-22(16-17)15-13-21(23)20-11-9-19(10-12-20)18-7-3-2-4-8-18/h9-12,17-18,21,23H,2-8,13-16H2,1H3. The highest BCUT2D eigenvalue weighted by molar-refractivity contribution is 5.27. The van der Waals surface area contributed by atoms with Crippen LogP contribution in [0, 0.1) is 5.92 Å². The van der Waals surface area contributed by atoms with Crippen molar-refractivity contribution in [1.29, 1.82) is 0 Å². The van der Waals surface area contributed by atoms with Gasteiger partial charge in [0.15, 0.2) is 0 Å². The number of likely N-dealkylation sites (tertiary alicyclic amines) is 1. The molecule has 1 aliphatic carbocycles. The van der Waals surface area contributed by atoms with Gasteiger partial charge >= 0.3 is 0 Å². The van der Waals surface area contributed by atoms with Gasteiger partial charge in [-0.1, -0.05) is 50.5 Å². The van der Waals surface area contributed by atoms with Crippen LogP contribution in [0.4, 0.5) is 0 Å². The Balaban J connectivity index is 1.49. The van der Waals surface area contributed by atoms with Crippen LogP contribution in [0.5, 0.6) is 0 Å². The molecule has 1 heterocycles. The van der Waals surface area contributed by atoms with Crippen LogP contribution in [0.15, 0.2) is 24.3 Å². The molecule has 1 saturated heterocycles. The van der Waals surface area contributed by atoms with Crippen LogP contribution in [-0.4, -0.2) is 29.6 Å². The van der Waals surface area contributed by atoms with Gasteiger partial charge in [-0.25, -0.2) is 0 Å². The minimum atomic E-state index is -0.312. The summed E-state index contributed by atoms with van der Waals surface area (Å²) in [5.74, 6) is 1.57. The molecule has 2 heteroatoms. The molecule has 0 radical (unpaired) electrons. The van der Waals surface area contributed by atoms with Crippen molar-refractivity contribution in [2.24, 2.45) is 5.92 Å². The number of rotatable bonds is 5. The maximum Gasteiger partial charge on any atom is 0.0802 e. The van der Waals surface area contributed by atoms with Crippen molar-refractivity contribution in [3.63, 3.8) is 0 Å². The van der Waals surface area contributed by atoms with Crippen molar-refractivity contribution in [1.82, 2.24) is 4.90 Å². The first kappa shape index (κ1) is 17.0. The summed E-state index contributed by atoms with van der Waals surface area (Å²) < 4.78 is 0. The Hall–Kier alpha value is -0.860. The Morgan fingerprint density at radius 1 is 1.04 bits per heavy atom. The third kappa shape index (κ3) is 4.81. The summed E-state index contributed by atoms with van der Waals surface area (Å²) in [6.07, 6.45) is 10.1. The highest BCUT2D eigenvalue weighted by atomic mass is 16.3. The number of aliphatic hydroxyl groups excluding tert-OH is 1. The van der Waals surface area contributed by atoms with Crippen molar-refractivity contribution >= 4 is 0 Å². The SMILES string of the molecule is CC1CCCN(CCC(O)c2ccc(C3CCCCC3)cc2)C1. The number of hydrogen-bond acceptors (Lipinski definition) is 2. The zero-order valence-electron chi connectivity index (χ0n) is 14.7. The fourth-order valence-corrected chi connectivity index (χ4v) is 4.39. The highest BCUT2D eigenvalue weighted by Crippen LogP contribution is 2.33. The van der Waals surface area contributed by atoms with Crippen molar-refractivity contribution < 1.29 is 5.11 Å². The van der Waals surface area contributed by atoms with E-state index in [9.17, 15) is 5.11 Å². The molecular weight excluding hydrogens is 282 g/mol. The van der Waals surface area contributed by atoms with Gasteiger partial charge < -0.3 is 10.0 Å². The topological polar surface area (TPSA) is 23.5 Å². The summed E-state index contributed by atoms with van der Waals surface area (Å²) in [6.45, 7) is 5.77. The third-order valence-electron chi connectivity index (χ3n) is 5.86. The summed E-state index contributed by atoms with van der Waals surface area (Å²) in [7, 11) is 0. The number of aliphatic hydroxyl groups is 1. The highest BCUT2D eigenvalue weighted by Gasteiger charge is 2.18. The minimum absolute atomic E-state index is 0.312. The zero-order chi connectivity index (χ0) is 16.1. The van der Waals surface area contributed by atoms with E-state index >= 15 is 0 Å². The predicted molar refractivity (Wildman–Crippen MR) is 96.7 cm³/mol. The van der Waals surface area contributed by atoms with E-state index in [0.717, 1.165) is 30.4 Å². The molecule has 0 aromatic heterocycles. The number of piperidine rings is 1. The van der Waals surface area contributed by atoms with E-state index in [-0.39, 0.29) is 6.10 Å². The third-order valence-corrected chi connectivity index (χ3v) is 5.86. The molecule has 0 bridgehead atoms. The van der Waals surface area contributed by atoms with Gasteiger partial charge in [0.1, 0.15) is 0 Å². The van der Waals surface area contributed by atoms with Crippen molar-refractivity contribution in [3.8, 4) is 0 Å². The van der Waals surface area contributed by atoms with Gasteiger partial charge in [0.05, 0.1) is 6.10 Å². The Morgan fingerprint density at radius 2 is 1.78 bits per heavy atom. The van der Waals surface area contributed by atoms with E-state index in [1.165, 1.54) is 63.6 Å². The fraction of sp³-hybridized carbons (Fsp3) is 0.714. The summed E-state index contributed by atoms with van der Waals surface area (Å²) in [5.41, 5.74) is 2.57. The van der Waals surface area contributed by atoms with Crippen molar-refractivity contribution in [3.05, 3.63) is 35.4 Å². The van der Waals surface area contributed by atoms with Gasteiger partial charge in [0.25, 0.3) is 0 Å². The van der Waals surface area contributed by atoms with Crippen LogP contribution in [-0.2, 0) is 0 Å². The molecule has 0 spiro atoms. The second-order valence-corrected chi connectivity index (χ2v) is 7.85. The molecule has 2 fully saturated rings. The van der Waals surface area contributed by atoms with Gasteiger partial charge in [0.2, 0.25) is 0 Å². The van der Waals surface area contributed by atoms with Crippen molar-refractivity contribution in [2.45, 2.75) is 70.3 Å². The molecule has 23 heavy (non-hydrogen) atoms. The molecule has 1 aromatic rings. The molecule has 128 valence electrons. The van der Waals surface area contributed by atoms with E-state index in [0.29, 0.717) is 0 Å². The van der Waals surface area contributed by atoms with Crippen LogP contribution >= 0.6 is 0 Å². The lowest BCUT2D eigenvalue weighted by molar-refractivity contribution is 0.122. The minimum Gasteiger partial charge on any atom is -0.388 e. The summed E-state index contributed by atoms with van der Waals surface area (Å²) in [5, 5.41) is 10.5. The Morgan fingerprint density at radius 3 is 2.48 bits per heavy atom. The van der Waals surface area contributed by atoms with Crippen LogP contribution in [0.1, 0.15) is 81.4 Å². The first-order valence-corrected chi connectivity index (χ1v) is 9.72. The molecule has 1 aromatic carbocycles. The lowest BCUT2D eigenvalue weighted by Gasteiger charge is -2.31. The molecule has 2 nitrogen and oxygen atoms in total. The lowest BCUT2D eigenvalue weighted by atomic mass is 9.84. The maximum atomic E-state index is 10.5. The number of hydrogen-bond donors (Lipinski definition) is 1. The lowest BCUT2D eigenvalue weighted by Crippen LogP contribution is -2.35. The molecule has 2 unspecified atom stereocenters. The van der Waals surface area contributed by atoms with Crippen LogP contribution in [0.3, 0.4) is 0 Å². The van der Waals surface area contributed by atoms with Crippen LogP contribution in [0.2, 0.25) is 0 Å². The Kier molecular flexibility index (Phi) is 6.13. The largest absolute Gasteiger partial charge is 0.388 e. The summed E-state index contributed by atoms with van der Waals surface area (Å²) >= 11 is 0. The van der Waals surface area contributed by atoms with Crippen molar-refractivity contribution in [2.75, 3.05) is 19.6 Å². The molecular formula is C21H33NO. The molecule has 2 aliphatic rings. The quantitative estimate of drug-likeness (QED) is 0.836. The average Bonchev–Trinajstić information content (AvgIpc) is 2.61. The first-order valence-electron chi connectivity index (χ1n) is 9.72. The summed E-state index contributed by atoms with van der Waals surface area (Å²) in [6, 6.07) is 8.84. The average molecular weight is 316 g/mol. The monoisotopic (exact) mass is 315 g/mol.